The molecule has 0 unspecified atom stereocenters. The summed E-state index contributed by atoms with van der Waals surface area (Å²) < 4.78 is 29.0. The summed E-state index contributed by atoms with van der Waals surface area (Å²) in [6.07, 6.45) is 6.47. The Morgan fingerprint density at radius 1 is 1.43 bits per heavy atom. The molecule has 0 fully saturated rings. The van der Waals surface area contributed by atoms with E-state index < -0.39 is 6.61 Å². The summed E-state index contributed by atoms with van der Waals surface area (Å²) in [5, 5.41) is 3.46. The molecule has 112 valence electrons. The van der Waals surface area contributed by atoms with Gasteiger partial charge in [-0.2, -0.15) is 8.78 Å². The van der Waals surface area contributed by atoms with Gasteiger partial charge in [0.15, 0.2) is 0 Å². The molecule has 0 amide bonds. The van der Waals surface area contributed by atoms with E-state index in [1.54, 1.807) is 24.5 Å². The van der Waals surface area contributed by atoms with E-state index in [4.69, 9.17) is 0 Å². The Hall–Kier alpha value is -1.95. The van der Waals surface area contributed by atoms with Crippen molar-refractivity contribution in [2.45, 2.75) is 38.5 Å². The molecule has 21 heavy (non-hydrogen) atoms. The normalized spacial score (nSPS) is 17.8. The molecule has 4 nitrogen and oxygen atoms in total. The molecule has 0 radical (unpaired) electrons. The lowest BCUT2D eigenvalue weighted by atomic mass is 9.87. The molecule has 0 saturated carbocycles. The Labute approximate surface area is 121 Å². The zero-order valence-electron chi connectivity index (χ0n) is 11.5. The number of fused-ring (bicyclic) bond motifs is 1. The third-order valence-corrected chi connectivity index (χ3v) is 3.72. The number of ether oxygens (including phenoxy) is 1. The van der Waals surface area contributed by atoms with Gasteiger partial charge in [-0.3, -0.25) is 0 Å². The highest BCUT2D eigenvalue weighted by molar-refractivity contribution is 5.39. The smallest absolute Gasteiger partial charge is 0.387 e. The van der Waals surface area contributed by atoms with Crippen LogP contribution in [0.4, 0.5) is 8.78 Å². The van der Waals surface area contributed by atoms with Crippen molar-refractivity contribution < 1.29 is 13.5 Å². The molecule has 0 saturated heterocycles. The molecule has 1 aromatic carbocycles. The summed E-state index contributed by atoms with van der Waals surface area (Å²) in [5.74, 6) is 1.12. The number of H-pyrrole nitrogens is 1. The maximum atomic E-state index is 12.3. The van der Waals surface area contributed by atoms with Gasteiger partial charge < -0.3 is 15.0 Å². The monoisotopic (exact) mass is 293 g/mol. The topological polar surface area (TPSA) is 49.9 Å². The Balaban J connectivity index is 1.72. The number of hydrogen-bond donors (Lipinski definition) is 2. The van der Waals surface area contributed by atoms with Crippen LogP contribution in [0.15, 0.2) is 30.6 Å². The number of aryl methyl sites for hydroxylation is 1. The molecule has 3 rings (SSSR count). The lowest BCUT2D eigenvalue weighted by molar-refractivity contribution is -0.0499. The third-order valence-electron chi connectivity index (χ3n) is 3.72. The Bertz CT molecular complexity index is 587. The van der Waals surface area contributed by atoms with Gasteiger partial charge in [-0.1, -0.05) is 6.07 Å². The number of alkyl halides is 2. The lowest BCUT2D eigenvalue weighted by Gasteiger charge is -2.26. The highest BCUT2D eigenvalue weighted by Gasteiger charge is 2.21. The van der Waals surface area contributed by atoms with Crippen LogP contribution in [0.25, 0.3) is 0 Å². The first kappa shape index (κ1) is 14.0. The molecular weight excluding hydrogens is 276 g/mol. The summed E-state index contributed by atoms with van der Waals surface area (Å²) >= 11 is 0. The van der Waals surface area contributed by atoms with Gasteiger partial charge in [0.25, 0.3) is 0 Å². The van der Waals surface area contributed by atoms with E-state index in [9.17, 15) is 8.78 Å². The second-order valence-corrected chi connectivity index (χ2v) is 5.10. The Morgan fingerprint density at radius 3 is 3.10 bits per heavy atom. The van der Waals surface area contributed by atoms with Gasteiger partial charge in [0, 0.05) is 18.4 Å². The number of aromatic amines is 1. The molecule has 1 aromatic heterocycles. The zero-order chi connectivity index (χ0) is 14.7. The van der Waals surface area contributed by atoms with Crippen LogP contribution in [-0.4, -0.2) is 16.6 Å². The van der Waals surface area contributed by atoms with Crippen molar-refractivity contribution in [1.29, 1.82) is 0 Å². The minimum Gasteiger partial charge on any atom is -0.435 e. The molecule has 6 heteroatoms. The number of nitrogens with zero attached hydrogens (tertiary/aromatic N) is 1. The molecule has 1 aliphatic rings. The first-order valence-corrected chi connectivity index (χ1v) is 7.01. The quantitative estimate of drug-likeness (QED) is 0.890. The van der Waals surface area contributed by atoms with E-state index in [0.29, 0.717) is 6.54 Å². The predicted octanol–water partition coefficient (Wildman–Crippen LogP) is 3.18. The van der Waals surface area contributed by atoms with Gasteiger partial charge in [-0.05, 0) is 42.5 Å². The van der Waals surface area contributed by atoms with Crippen molar-refractivity contribution in [2.24, 2.45) is 0 Å². The SMILES string of the molecule is FC(F)Oc1ccc2c(c1)CCC[C@H]2NCc1ncc[nH]1. The number of halogens is 2. The summed E-state index contributed by atoms with van der Waals surface area (Å²) in [6.45, 7) is -2.12. The largest absolute Gasteiger partial charge is 0.435 e. The van der Waals surface area contributed by atoms with Crippen LogP contribution in [0, 0.1) is 0 Å². The maximum absolute atomic E-state index is 12.3. The highest BCUT2D eigenvalue weighted by Crippen LogP contribution is 2.32. The minimum atomic E-state index is -2.78. The zero-order valence-corrected chi connectivity index (χ0v) is 11.5. The molecule has 1 aliphatic carbocycles. The molecular formula is C15H17F2N3O. The van der Waals surface area contributed by atoms with Crippen LogP contribution in [0.2, 0.25) is 0 Å². The third kappa shape index (κ3) is 3.39. The standard InChI is InChI=1S/C15H17F2N3O/c16-15(17)21-11-4-5-12-10(8-11)2-1-3-13(12)20-9-14-18-6-7-19-14/h4-8,13,15,20H,1-3,9H2,(H,18,19)/t13-/m1/s1. The van der Waals surface area contributed by atoms with Crippen LogP contribution in [0.1, 0.15) is 35.8 Å². The lowest BCUT2D eigenvalue weighted by Crippen LogP contribution is -2.25. The summed E-state index contributed by atoms with van der Waals surface area (Å²) in [4.78, 5) is 7.24. The number of hydrogen-bond acceptors (Lipinski definition) is 3. The molecule has 1 atom stereocenters. The number of aromatic nitrogens is 2. The van der Waals surface area contributed by atoms with Crippen molar-refractivity contribution in [3.8, 4) is 5.75 Å². The average molecular weight is 293 g/mol. The van der Waals surface area contributed by atoms with E-state index in [1.165, 1.54) is 0 Å². The van der Waals surface area contributed by atoms with Gasteiger partial charge in [-0.25, -0.2) is 4.98 Å². The van der Waals surface area contributed by atoms with E-state index in [1.807, 2.05) is 6.07 Å². The van der Waals surface area contributed by atoms with Crippen LogP contribution in [0.5, 0.6) is 5.75 Å². The van der Waals surface area contributed by atoms with Gasteiger partial charge in [0.05, 0.1) is 6.54 Å². The van der Waals surface area contributed by atoms with Crippen LogP contribution in [0.3, 0.4) is 0 Å². The van der Waals surface area contributed by atoms with Gasteiger partial charge in [-0.15, -0.1) is 0 Å². The Kier molecular flexibility index (Phi) is 4.15. The second-order valence-electron chi connectivity index (χ2n) is 5.10. The molecule has 0 aliphatic heterocycles. The summed E-state index contributed by atoms with van der Waals surface area (Å²) in [6, 6.07) is 5.44. The van der Waals surface area contributed by atoms with Crippen molar-refractivity contribution >= 4 is 0 Å². The second kappa shape index (κ2) is 6.22. The van der Waals surface area contributed by atoms with Crippen LogP contribution < -0.4 is 10.1 Å². The van der Waals surface area contributed by atoms with Crippen molar-refractivity contribution in [2.75, 3.05) is 0 Å². The fourth-order valence-electron chi connectivity index (χ4n) is 2.79. The first-order valence-electron chi connectivity index (χ1n) is 7.01. The maximum Gasteiger partial charge on any atom is 0.387 e. The number of imidazole rings is 1. The van der Waals surface area contributed by atoms with Crippen molar-refractivity contribution in [3.05, 3.63) is 47.5 Å². The first-order chi connectivity index (χ1) is 10.2. The molecule has 1 heterocycles. The van der Waals surface area contributed by atoms with E-state index in [0.717, 1.165) is 36.2 Å². The van der Waals surface area contributed by atoms with Crippen LogP contribution >= 0.6 is 0 Å². The highest BCUT2D eigenvalue weighted by atomic mass is 19.3. The van der Waals surface area contributed by atoms with Crippen molar-refractivity contribution in [3.63, 3.8) is 0 Å². The fraction of sp³-hybridized carbons (Fsp3) is 0.400. The number of nitrogens with one attached hydrogen (secondary N) is 2. The van der Waals surface area contributed by atoms with E-state index in [-0.39, 0.29) is 11.8 Å². The van der Waals surface area contributed by atoms with Crippen molar-refractivity contribution in [1.82, 2.24) is 15.3 Å². The predicted molar refractivity (Wildman–Crippen MR) is 74.2 cm³/mol. The molecule has 0 bridgehead atoms. The van der Waals surface area contributed by atoms with Gasteiger partial charge in [0.1, 0.15) is 11.6 Å². The number of benzene rings is 1. The molecule has 0 spiro atoms. The van der Waals surface area contributed by atoms with Gasteiger partial charge in [0.2, 0.25) is 0 Å². The van der Waals surface area contributed by atoms with Gasteiger partial charge >= 0.3 is 6.61 Å². The Morgan fingerprint density at radius 2 is 2.33 bits per heavy atom. The fourth-order valence-corrected chi connectivity index (χ4v) is 2.79. The number of rotatable bonds is 5. The van der Waals surface area contributed by atoms with Crippen LogP contribution in [-0.2, 0) is 13.0 Å². The van der Waals surface area contributed by atoms with E-state index >= 15 is 0 Å². The summed E-state index contributed by atoms with van der Waals surface area (Å²) in [5.41, 5.74) is 2.24. The minimum absolute atomic E-state index is 0.222. The molecule has 2 aromatic rings. The molecule has 2 N–H and O–H groups in total. The summed E-state index contributed by atoms with van der Waals surface area (Å²) in [7, 11) is 0. The van der Waals surface area contributed by atoms with E-state index in [2.05, 4.69) is 20.0 Å². The average Bonchev–Trinajstić information content (AvgIpc) is 2.97.